The number of H-pyrrole nitrogens is 2. The van der Waals surface area contributed by atoms with Crippen molar-refractivity contribution in [2.24, 2.45) is 11.8 Å². The number of imidazole rings is 2. The van der Waals surface area contributed by atoms with Gasteiger partial charge in [0.1, 0.15) is 23.7 Å². The van der Waals surface area contributed by atoms with Crippen LogP contribution in [0, 0.1) is 11.8 Å². The number of nitrogens with one attached hydrogen (secondary N) is 4. The Balaban J connectivity index is 0.842. The average molecular weight is 1030 g/mol. The lowest BCUT2D eigenvalue weighted by atomic mass is 9.84. The number of likely N-dealkylation sites (tertiary alicyclic amines) is 2. The molecule has 400 valence electrons. The molecule has 6 aromatic rings. The fourth-order valence-electron chi connectivity index (χ4n) is 13.6. The SMILES string of the molecule is COCC[C@H](NC(=O)OC)C(=O)N1[C@H](c2nc3ccc(-c4cc5ccc4CCc4ccc(c(-c6ccc7nc([C@@H]8C[C@@H]9CCCC[C@@H]9N8C(=O)[C@H](CCOC)NC(=O)OC)[nH]c7c6)c4)CC5)cc3[nH]2)C[C@@H]2CCCC[C@@H]21. The maximum Gasteiger partial charge on any atom is 0.407 e. The van der Waals surface area contributed by atoms with Gasteiger partial charge in [-0.2, -0.15) is 0 Å². The van der Waals surface area contributed by atoms with Crippen molar-refractivity contribution in [2.45, 2.75) is 139 Å². The Morgan fingerprint density at radius 3 is 1.42 bits per heavy atom. The third-order valence-corrected chi connectivity index (χ3v) is 17.4. The minimum Gasteiger partial charge on any atom is -0.453 e. The molecule has 2 aromatic heterocycles. The van der Waals surface area contributed by atoms with Gasteiger partial charge < -0.3 is 49.3 Å². The number of hydrogen-bond donors (Lipinski definition) is 4. The first-order valence-corrected chi connectivity index (χ1v) is 27.7. The highest BCUT2D eigenvalue weighted by atomic mass is 16.5. The van der Waals surface area contributed by atoms with E-state index < -0.39 is 24.3 Å². The van der Waals surface area contributed by atoms with Gasteiger partial charge in [0.05, 0.1) is 48.4 Å². The van der Waals surface area contributed by atoms with Gasteiger partial charge in [-0.1, -0.05) is 74.2 Å². The second-order valence-electron chi connectivity index (χ2n) is 21.8. The smallest absolute Gasteiger partial charge is 0.407 e. The van der Waals surface area contributed by atoms with E-state index >= 15 is 0 Å². The molecule has 4 N–H and O–H groups in total. The molecule has 2 saturated heterocycles. The van der Waals surface area contributed by atoms with Crippen LogP contribution in [-0.4, -0.2) is 120 Å². The lowest BCUT2D eigenvalue weighted by Gasteiger charge is -2.35. The van der Waals surface area contributed by atoms with E-state index in [0.29, 0.717) is 37.9 Å². The number of benzene rings is 4. The molecular formula is C60H72N8O8. The average Bonchev–Trinajstić information content (AvgIpc) is 4.25. The van der Waals surface area contributed by atoms with Gasteiger partial charge in [0.25, 0.3) is 0 Å². The maximum atomic E-state index is 14.5. The molecule has 4 heterocycles. The van der Waals surface area contributed by atoms with Gasteiger partial charge in [-0.25, -0.2) is 19.6 Å². The van der Waals surface area contributed by atoms with Crippen LogP contribution in [0.25, 0.3) is 44.3 Å². The zero-order chi connectivity index (χ0) is 52.5. The Bertz CT molecular complexity index is 2910. The zero-order valence-electron chi connectivity index (χ0n) is 44.3. The predicted molar refractivity (Wildman–Crippen MR) is 289 cm³/mol. The number of rotatable bonds is 14. The number of carbonyl (C=O) groups excluding carboxylic acids is 4. The fraction of sp³-hybridized carbons (Fsp3) is 0.500. The van der Waals surface area contributed by atoms with Gasteiger partial charge in [-0.3, -0.25) is 9.59 Å². The normalized spacial score (nSPS) is 22.9. The zero-order valence-corrected chi connectivity index (χ0v) is 44.3. The quantitative estimate of drug-likeness (QED) is 0.0816. The molecule has 16 heteroatoms. The van der Waals surface area contributed by atoms with Gasteiger partial charge in [-0.15, -0.1) is 0 Å². The molecule has 2 aliphatic heterocycles. The summed E-state index contributed by atoms with van der Waals surface area (Å²) in [7, 11) is 5.82. The molecule has 4 fully saturated rings. The van der Waals surface area contributed by atoms with E-state index in [0.717, 1.165) is 135 Å². The minimum absolute atomic E-state index is 0.0838. The molecule has 16 nitrogen and oxygen atoms in total. The fourth-order valence-corrected chi connectivity index (χ4v) is 13.6. The van der Waals surface area contributed by atoms with E-state index in [9.17, 15) is 19.2 Å². The molecule has 0 radical (unpaired) electrons. The van der Waals surface area contributed by atoms with Crippen molar-refractivity contribution in [1.82, 2.24) is 40.4 Å². The predicted octanol–water partition coefficient (Wildman–Crippen LogP) is 9.84. The van der Waals surface area contributed by atoms with Crippen molar-refractivity contribution < 1.29 is 38.1 Å². The monoisotopic (exact) mass is 1030 g/mol. The highest BCUT2D eigenvalue weighted by Crippen LogP contribution is 2.48. The Kier molecular flexibility index (Phi) is 15.2. The second kappa shape index (κ2) is 22.4. The van der Waals surface area contributed by atoms with Crippen molar-refractivity contribution in [2.75, 3.05) is 41.7 Å². The lowest BCUT2D eigenvalue weighted by molar-refractivity contribution is -0.138. The number of methoxy groups -OCH3 is 4. The second-order valence-corrected chi connectivity index (χ2v) is 21.8. The van der Waals surface area contributed by atoms with Gasteiger partial charge in [0.2, 0.25) is 11.8 Å². The van der Waals surface area contributed by atoms with Crippen LogP contribution < -0.4 is 10.6 Å². The number of aryl methyl sites for hydroxylation is 4. The lowest BCUT2D eigenvalue weighted by Crippen LogP contribution is -2.52. The third-order valence-electron chi connectivity index (χ3n) is 17.4. The molecule has 8 aliphatic rings. The summed E-state index contributed by atoms with van der Waals surface area (Å²) >= 11 is 0. The molecule has 4 aromatic carbocycles. The summed E-state index contributed by atoms with van der Waals surface area (Å²) in [5, 5.41) is 5.59. The molecule has 4 amide bonds. The van der Waals surface area contributed by atoms with Crippen LogP contribution in [0.2, 0.25) is 0 Å². The van der Waals surface area contributed by atoms with Crippen molar-refractivity contribution >= 4 is 46.1 Å². The number of hydrogen-bond acceptors (Lipinski definition) is 10. The topological polar surface area (TPSA) is 193 Å². The van der Waals surface area contributed by atoms with Crippen LogP contribution in [0.4, 0.5) is 9.59 Å². The molecule has 0 unspecified atom stereocenters. The largest absolute Gasteiger partial charge is 0.453 e. The number of fused-ring (bicyclic) bond motifs is 4. The number of nitrogens with zero attached hydrogens (tertiary/aromatic N) is 4. The summed E-state index contributed by atoms with van der Waals surface area (Å²) in [6.07, 6.45) is 12.9. The van der Waals surface area contributed by atoms with E-state index in [1.165, 1.54) is 47.6 Å². The summed E-state index contributed by atoms with van der Waals surface area (Å²) in [6, 6.07) is 25.1. The van der Waals surface area contributed by atoms with E-state index in [-0.39, 0.29) is 36.0 Å². The maximum absolute atomic E-state index is 14.5. The van der Waals surface area contributed by atoms with Gasteiger partial charge in [0, 0.05) is 52.4 Å². The van der Waals surface area contributed by atoms with E-state index in [1.807, 2.05) is 9.80 Å². The summed E-state index contributed by atoms with van der Waals surface area (Å²) in [6.45, 7) is 0.655. The summed E-state index contributed by atoms with van der Waals surface area (Å²) in [4.78, 5) is 75.6. The number of aromatic nitrogens is 4. The number of amides is 4. The Morgan fingerprint density at radius 1 is 0.566 bits per heavy atom. The van der Waals surface area contributed by atoms with Gasteiger partial charge in [0.15, 0.2) is 0 Å². The molecular weight excluding hydrogens is 961 g/mol. The number of alkyl carbamates (subject to hydrolysis) is 2. The molecule has 4 bridgehead atoms. The third kappa shape index (κ3) is 10.3. The Labute approximate surface area is 444 Å². The first kappa shape index (κ1) is 51.3. The van der Waals surface area contributed by atoms with Crippen molar-refractivity contribution in [3.63, 3.8) is 0 Å². The van der Waals surface area contributed by atoms with Crippen LogP contribution in [0.15, 0.2) is 72.8 Å². The Hall–Kier alpha value is -6.78. The van der Waals surface area contributed by atoms with Gasteiger partial charge in [-0.05, 0) is 145 Å². The highest BCUT2D eigenvalue weighted by Gasteiger charge is 2.49. The number of ether oxygens (including phenoxy) is 4. The molecule has 14 rings (SSSR count). The standard InChI is InChI=1S/C60H72N8O8/c1-73-27-25-47(65-59(71)75-3)57(69)67-51-11-7-5-9-41(51)33-53(67)55-61-45-23-21-39(31-49(45)63-55)43-29-35-13-17-37(43)19-15-36-14-18-38(20-16-35)44(30-36)40-22-24-46-50(32-40)64-56(62-46)54-34-42-10-6-8-12-52(42)68(54)58(70)48(26-28-74-2)66-60(72)76-4/h13-14,17-18,21-24,29-32,41-42,47-48,51-54H,5-12,15-16,19-20,25-28,33-34H2,1-4H3,(H,61,63)(H,62,64)(H,65,71)(H,66,72)/t41-,42-,47-,48-,51-,52-,53-,54-/m0/s1. The van der Waals surface area contributed by atoms with Crippen LogP contribution in [0.3, 0.4) is 0 Å². The molecule has 0 spiro atoms. The summed E-state index contributed by atoms with van der Waals surface area (Å²) in [5.41, 5.74) is 13.4. The number of aromatic amines is 2. The minimum atomic E-state index is -0.771. The molecule has 2 saturated carbocycles. The first-order valence-electron chi connectivity index (χ1n) is 27.7. The van der Waals surface area contributed by atoms with Gasteiger partial charge >= 0.3 is 12.2 Å². The van der Waals surface area contributed by atoms with Crippen LogP contribution in [-0.2, 0) is 54.2 Å². The first-order chi connectivity index (χ1) is 37.1. The van der Waals surface area contributed by atoms with Crippen LogP contribution in [0.5, 0.6) is 0 Å². The van der Waals surface area contributed by atoms with Crippen molar-refractivity contribution in [3.8, 4) is 22.3 Å². The molecule has 8 atom stereocenters. The van der Waals surface area contributed by atoms with Crippen molar-refractivity contribution in [1.29, 1.82) is 0 Å². The van der Waals surface area contributed by atoms with Crippen LogP contribution in [0.1, 0.15) is 123 Å². The molecule has 76 heavy (non-hydrogen) atoms. The van der Waals surface area contributed by atoms with Crippen molar-refractivity contribution in [3.05, 3.63) is 107 Å². The summed E-state index contributed by atoms with van der Waals surface area (Å²) < 4.78 is 20.5. The van der Waals surface area contributed by atoms with E-state index in [1.54, 1.807) is 14.2 Å². The van der Waals surface area contributed by atoms with Crippen LogP contribution >= 0.6 is 0 Å². The highest BCUT2D eigenvalue weighted by molar-refractivity contribution is 5.89. The summed E-state index contributed by atoms with van der Waals surface area (Å²) in [5.74, 6) is 2.06. The molecule has 6 aliphatic carbocycles. The number of carbonyl (C=O) groups is 4. The van der Waals surface area contributed by atoms with E-state index in [2.05, 4.69) is 93.4 Å². The van der Waals surface area contributed by atoms with E-state index in [4.69, 9.17) is 28.9 Å². The Morgan fingerprint density at radius 2 is 1.00 bits per heavy atom.